The van der Waals surface area contributed by atoms with Crippen molar-refractivity contribution < 1.29 is 23.0 Å². The van der Waals surface area contributed by atoms with Crippen LogP contribution < -0.4 is 15.8 Å². The van der Waals surface area contributed by atoms with Crippen LogP contribution in [0.25, 0.3) is 22.4 Å². The van der Waals surface area contributed by atoms with Crippen molar-refractivity contribution in [3.05, 3.63) is 88.2 Å². The number of benzene rings is 2. The van der Waals surface area contributed by atoms with Crippen molar-refractivity contribution in [2.45, 2.75) is 64.0 Å². The van der Waals surface area contributed by atoms with Crippen molar-refractivity contribution in [1.29, 1.82) is 0 Å². The van der Waals surface area contributed by atoms with Gasteiger partial charge in [0.05, 0.1) is 27.5 Å². The molecule has 8 nitrogen and oxygen atoms in total. The van der Waals surface area contributed by atoms with Crippen LogP contribution in [-0.2, 0) is 16.3 Å². The van der Waals surface area contributed by atoms with Crippen molar-refractivity contribution in [1.82, 2.24) is 9.55 Å². The number of amides is 1. The van der Waals surface area contributed by atoms with Crippen LogP contribution >= 0.6 is 11.6 Å². The molecule has 1 amide bonds. The number of anilines is 2. The minimum atomic E-state index is -1.33. The predicted octanol–water partition coefficient (Wildman–Crippen LogP) is 7.32. The highest BCUT2D eigenvalue weighted by molar-refractivity contribution is 6.76. The molecule has 3 heterocycles. The summed E-state index contributed by atoms with van der Waals surface area (Å²) in [5.41, 5.74) is 8.44. The molecular weight excluding hydrogens is 604 g/mol. The maximum Gasteiger partial charge on any atom is 0.224 e. The van der Waals surface area contributed by atoms with Gasteiger partial charge in [-0.25, -0.2) is 13.8 Å². The number of halogens is 3. The standard InChI is InChI=1S/C32H36ClF2N5O3Si/c1-44(2,3)15-14-43-19-39-18-27-22-10-9-21(36)16-26(22)37-29(41)7-5-4-6-23(32(39)38-27)28-13-8-20(17-40(28)42)30-25(34)12-11-24(33)31(30)35/h8-13,16-18,23H,4-7,14-15,19,36H2,1-3H3,(H,37,41). The average molecular weight is 640 g/mol. The molecule has 232 valence electrons. The Balaban J connectivity index is 1.60. The smallest absolute Gasteiger partial charge is 0.224 e. The third-order valence-corrected chi connectivity index (χ3v) is 9.72. The summed E-state index contributed by atoms with van der Waals surface area (Å²) in [4.78, 5) is 17.8. The summed E-state index contributed by atoms with van der Waals surface area (Å²) in [7, 11) is -1.33. The summed E-state index contributed by atoms with van der Waals surface area (Å²) >= 11 is 5.91. The van der Waals surface area contributed by atoms with Crippen LogP contribution in [0.15, 0.2) is 54.9 Å². The number of nitrogens with zero attached hydrogens (tertiary/aromatic N) is 3. The Morgan fingerprint density at radius 3 is 2.73 bits per heavy atom. The van der Waals surface area contributed by atoms with Gasteiger partial charge in [0, 0.05) is 44.6 Å². The molecule has 0 fully saturated rings. The van der Waals surface area contributed by atoms with Gasteiger partial charge >= 0.3 is 0 Å². The molecule has 3 N–H and O–H groups in total. The van der Waals surface area contributed by atoms with Gasteiger partial charge in [-0.1, -0.05) is 37.7 Å². The highest BCUT2D eigenvalue weighted by Gasteiger charge is 2.30. The van der Waals surface area contributed by atoms with E-state index >= 15 is 0 Å². The minimum absolute atomic E-state index is 0.0660. The number of nitrogens with one attached hydrogen (secondary N) is 1. The molecule has 44 heavy (non-hydrogen) atoms. The first kappa shape index (κ1) is 31.6. The van der Waals surface area contributed by atoms with Crippen LogP contribution in [0.4, 0.5) is 20.2 Å². The highest BCUT2D eigenvalue weighted by Crippen LogP contribution is 2.36. The van der Waals surface area contributed by atoms with Crippen LogP contribution in [0.2, 0.25) is 30.7 Å². The number of nitrogens with two attached hydrogens (primary N) is 1. The molecule has 4 aromatic rings. The maximum atomic E-state index is 14.8. The van der Waals surface area contributed by atoms with Gasteiger partial charge in [-0.05, 0) is 55.3 Å². The fraction of sp³-hybridized carbons (Fsp3) is 0.344. The lowest BCUT2D eigenvalue weighted by atomic mass is 9.94. The topological polar surface area (TPSA) is 109 Å². The first-order valence-electron chi connectivity index (χ1n) is 14.6. The molecule has 0 saturated carbocycles. The van der Waals surface area contributed by atoms with Crippen molar-refractivity contribution in [3.8, 4) is 22.4 Å². The van der Waals surface area contributed by atoms with E-state index in [1.54, 1.807) is 18.2 Å². The zero-order valence-corrected chi connectivity index (χ0v) is 26.8. The van der Waals surface area contributed by atoms with Gasteiger partial charge in [0.25, 0.3) is 0 Å². The predicted molar refractivity (Wildman–Crippen MR) is 171 cm³/mol. The number of imidazole rings is 1. The fourth-order valence-corrected chi connectivity index (χ4v) is 6.24. The molecule has 2 aromatic heterocycles. The van der Waals surface area contributed by atoms with E-state index in [2.05, 4.69) is 25.0 Å². The summed E-state index contributed by atoms with van der Waals surface area (Å²) in [5, 5.41) is 16.3. The number of carbonyl (C=O) groups is 1. The summed E-state index contributed by atoms with van der Waals surface area (Å²) in [6, 6.07) is 11.5. The molecule has 2 aromatic carbocycles. The Bertz CT molecular complexity index is 1690. The van der Waals surface area contributed by atoms with Gasteiger partial charge in [0.15, 0.2) is 12.0 Å². The van der Waals surface area contributed by atoms with Crippen LogP contribution in [0, 0.1) is 16.8 Å². The molecule has 1 unspecified atom stereocenters. The normalized spacial score (nSPS) is 15.7. The Morgan fingerprint density at radius 1 is 1.18 bits per heavy atom. The Kier molecular flexibility index (Phi) is 9.38. The summed E-state index contributed by atoms with van der Waals surface area (Å²) in [6.07, 6.45) is 5.02. The fourth-order valence-electron chi connectivity index (χ4n) is 5.33. The third-order valence-electron chi connectivity index (χ3n) is 7.72. The second-order valence-corrected chi connectivity index (χ2v) is 18.4. The third kappa shape index (κ3) is 7.11. The molecule has 0 saturated heterocycles. The summed E-state index contributed by atoms with van der Waals surface area (Å²) in [5.74, 6) is -1.78. The lowest BCUT2D eigenvalue weighted by molar-refractivity contribution is -0.614. The first-order chi connectivity index (χ1) is 20.9. The van der Waals surface area contributed by atoms with E-state index in [-0.39, 0.29) is 28.8 Å². The van der Waals surface area contributed by atoms with Gasteiger partial charge in [-0.3, -0.25) is 4.79 Å². The van der Waals surface area contributed by atoms with Crippen LogP contribution in [-0.4, -0.2) is 30.1 Å². The van der Waals surface area contributed by atoms with E-state index in [0.29, 0.717) is 71.2 Å². The highest BCUT2D eigenvalue weighted by atomic mass is 35.5. The molecule has 5 rings (SSSR count). The molecule has 1 aliphatic heterocycles. The van der Waals surface area contributed by atoms with Gasteiger partial charge in [-0.2, -0.15) is 4.73 Å². The van der Waals surface area contributed by atoms with Crippen molar-refractivity contribution in [3.63, 3.8) is 0 Å². The second kappa shape index (κ2) is 13.1. The van der Waals surface area contributed by atoms with E-state index in [1.807, 2.05) is 16.8 Å². The molecule has 12 heteroatoms. The second-order valence-electron chi connectivity index (χ2n) is 12.3. The number of hydrogen-bond donors (Lipinski definition) is 2. The van der Waals surface area contributed by atoms with E-state index in [9.17, 15) is 18.8 Å². The van der Waals surface area contributed by atoms with Crippen LogP contribution in [0.1, 0.15) is 43.1 Å². The van der Waals surface area contributed by atoms with Crippen molar-refractivity contribution >= 4 is 37.0 Å². The number of fused-ring (bicyclic) bond motifs is 4. The molecule has 1 aliphatic rings. The van der Waals surface area contributed by atoms with Gasteiger partial charge in [-0.15, -0.1) is 0 Å². The van der Waals surface area contributed by atoms with Crippen molar-refractivity contribution in [2.75, 3.05) is 17.7 Å². The quantitative estimate of drug-likeness (QED) is 0.0550. The number of carbonyl (C=O) groups excluding carboxylic acids is 1. The molecule has 1 atom stereocenters. The molecule has 0 radical (unpaired) electrons. The molecular formula is C32H36ClF2N5O3Si. The lowest BCUT2D eigenvalue weighted by Crippen LogP contribution is -2.34. The molecule has 0 spiro atoms. The van der Waals surface area contributed by atoms with E-state index in [1.165, 1.54) is 6.07 Å². The maximum absolute atomic E-state index is 14.8. The number of rotatable bonds is 7. The summed E-state index contributed by atoms with van der Waals surface area (Å²) in [6.45, 7) is 7.65. The zero-order valence-electron chi connectivity index (χ0n) is 25.0. The van der Waals surface area contributed by atoms with E-state index < -0.39 is 25.6 Å². The first-order valence-corrected chi connectivity index (χ1v) is 18.7. The van der Waals surface area contributed by atoms with Gasteiger partial charge in [0.1, 0.15) is 24.3 Å². The number of nitrogen functional groups attached to an aromatic ring is 1. The molecule has 2 bridgehead atoms. The van der Waals surface area contributed by atoms with Crippen LogP contribution in [0.3, 0.4) is 0 Å². The van der Waals surface area contributed by atoms with E-state index in [4.69, 9.17) is 27.1 Å². The molecule has 0 aliphatic carbocycles. The number of ether oxygens (including phenoxy) is 1. The lowest BCUT2D eigenvalue weighted by Gasteiger charge is -2.20. The van der Waals surface area contributed by atoms with E-state index in [0.717, 1.165) is 24.4 Å². The number of aromatic nitrogens is 3. The van der Waals surface area contributed by atoms with Gasteiger partial charge < -0.3 is 25.6 Å². The monoisotopic (exact) mass is 639 g/mol. The zero-order chi connectivity index (χ0) is 31.6. The SMILES string of the molecule is C[Si](C)(C)CCOCn1cc2nc1C(c1ccc(-c3c(F)ccc(Cl)c3F)c[n+]1[O-])CCCCC(=O)Nc1cc(N)ccc1-2. The summed E-state index contributed by atoms with van der Waals surface area (Å²) < 4.78 is 38.1. The largest absolute Gasteiger partial charge is 0.618 e. The van der Waals surface area contributed by atoms with Crippen LogP contribution in [0.5, 0.6) is 0 Å². The number of hydrogen-bond acceptors (Lipinski definition) is 5. The average Bonchev–Trinajstić information content (AvgIpc) is 3.36. The minimum Gasteiger partial charge on any atom is -0.618 e. The number of pyridine rings is 1. The Hall–Kier alpha value is -3.80. The van der Waals surface area contributed by atoms with Crippen molar-refractivity contribution in [2.24, 2.45) is 0 Å². The Morgan fingerprint density at radius 2 is 1.98 bits per heavy atom. The Labute approximate surface area is 261 Å². The van der Waals surface area contributed by atoms with Gasteiger partial charge in [0.2, 0.25) is 11.6 Å².